The SMILES string of the molecule is COC1(OC)N=C(N)[C@@]2(C#N)[C@H]3C=C[C@@H](CC3)[C@]12C#N. The Morgan fingerprint density at radius 2 is 1.80 bits per heavy atom. The smallest absolute Gasteiger partial charge is 0.292 e. The summed E-state index contributed by atoms with van der Waals surface area (Å²) < 4.78 is 10.9. The summed E-state index contributed by atoms with van der Waals surface area (Å²) >= 11 is 0. The molecular formula is C14H16N4O2. The summed E-state index contributed by atoms with van der Waals surface area (Å²) in [6, 6.07) is 4.59. The van der Waals surface area contributed by atoms with Crippen molar-refractivity contribution < 1.29 is 9.47 Å². The van der Waals surface area contributed by atoms with E-state index in [1.165, 1.54) is 14.2 Å². The molecule has 20 heavy (non-hydrogen) atoms. The second-order valence-corrected chi connectivity index (χ2v) is 5.50. The number of nitrogens with two attached hydrogens (primary N) is 1. The van der Waals surface area contributed by atoms with Crippen molar-refractivity contribution in [3.05, 3.63) is 12.2 Å². The molecule has 1 saturated carbocycles. The van der Waals surface area contributed by atoms with Gasteiger partial charge in [0, 0.05) is 26.1 Å². The fourth-order valence-electron chi connectivity index (χ4n) is 4.30. The molecule has 6 nitrogen and oxygen atoms in total. The number of hydrogen-bond donors (Lipinski definition) is 1. The van der Waals surface area contributed by atoms with Crippen LogP contribution in [0.25, 0.3) is 0 Å². The molecule has 0 amide bonds. The number of hydrogen-bond acceptors (Lipinski definition) is 6. The monoisotopic (exact) mass is 272 g/mol. The minimum atomic E-state index is -1.52. The van der Waals surface area contributed by atoms with E-state index < -0.39 is 16.7 Å². The van der Waals surface area contributed by atoms with Crippen LogP contribution < -0.4 is 5.73 Å². The molecule has 0 aromatic carbocycles. The van der Waals surface area contributed by atoms with E-state index in [1.54, 1.807) is 0 Å². The molecule has 0 spiro atoms. The third kappa shape index (κ3) is 0.985. The standard InChI is InChI=1S/C14H16N4O2/c1-19-14(20-2)13(8-16)10-5-3-9(4-6-10)12(13,7-15)11(17)18-14/h3,5,9-10H,4,6H2,1-2H3,(H2,17,18)/t9-,10-,12+,13-/m0/s1. The van der Waals surface area contributed by atoms with Crippen molar-refractivity contribution in [3.63, 3.8) is 0 Å². The molecule has 2 N–H and O–H groups in total. The summed E-state index contributed by atoms with van der Waals surface area (Å²) in [6.45, 7) is 0. The predicted molar refractivity (Wildman–Crippen MR) is 69.8 cm³/mol. The molecule has 4 rings (SSSR count). The third-order valence-corrected chi connectivity index (χ3v) is 5.17. The molecular weight excluding hydrogens is 256 g/mol. The van der Waals surface area contributed by atoms with Crippen LogP contribution in [0.3, 0.4) is 0 Å². The summed E-state index contributed by atoms with van der Waals surface area (Å²) in [6.07, 6.45) is 5.58. The Bertz CT molecular complexity index is 595. The number of aliphatic imine (C=N–C) groups is 1. The number of nitriles is 2. The number of fused-ring (bicyclic) bond motifs is 1. The lowest BCUT2D eigenvalue weighted by molar-refractivity contribution is -0.280. The first-order chi connectivity index (χ1) is 9.58. The van der Waals surface area contributed by atoms with E-state index in [4.69, 9.17) is 15.2 Å². The molecule has 4 atom stereocenters. The fraction of sp³-hybridized carbons (Fsp3) is 0.643. The van der Waals surface area contributed by atoms with E-state index in [1.807, 2.05) is 12.2 Å². The van der Waals surface area contributed by atoms with Crippen molar-refractivity contribution in [1.29, 1.82) is 10.5 Å². The lowest BCUT2D eigenvalue weighted by Gasteiger charge is -2.55. The first-order valence-corrected chi connectivity index (χ1v) is 6.55. The molecule has 1 fully saturated rings. The molecule has 1 heterocycles. The molecule has 0 radical (unpaired) electrons. The van der Waals surface area contributed by atoms with Crippen LogP contribution in [0.2, 0.25) is 0 Å². The number of rotatable bonds is 2. The zero-order chi connectivity index (χ0) is 14.6. The molecule has 3 aliphatic carbocycles. The van der Waals surface area contributed by atoms with Crippen LogP contribution in [-0.2, 0) is 9.47 Å². The first kappa shape index (κ1) is 13.1. The molecule has 104 valence electrons. The van der Waals surface area contributed by atoms with Gasteiger partial charge in [0.05, 0.1) is 12.1 Å². The summed E-state index contributed by atoms with van der Waals surface area (Å²) in [4.78, 5) is 4.29. The van der Waals surface area contributed by atoms with Crippen LogP contribution in [0.4, 0.5) is 0 Å². The highest BCUT2D eigenvalue weighted by Crippen LogP contribution is 2.68. The van der Waals surface area contributed by atoms with Gasteiger partial charge in [-0.2, -0.15) is 10.5 Å². The van der Waals surface area contributed by atoms with E-state index in [0.29, 0.717) is 0 Å². The second kappa shape index (κ2) is 3.82. The maximum atomic E-state index is 9.96. The molecule has 0 saturated heterocycles. The van der Waals surface area contributed by atoms with Crippen LogP contribution in [0.1, 0.15) is 12.8 Å². The Hall–Kier alpha value is -1.89. The number of nitrogens with zero attached hydrogens (tertiary/aromatic N) is 3. The Morgan fingerprint density at radius 3 is 2.25 bits per heavy atom. The Morgan fingerprint density at radius 1 is 1.20 bits per heavy atom. The van der Waals surface area contributed by atoms with E-state index in [-0.39, 0.29) is 17.7 Å². The molecule has 0 unspecified atom stereocenters. The summed E-state index contributed by atoms with van der Waals surface area (Å²) in [5.74, 6) is -1.67. The Kier molecular flexibility index (Phi) is 2.50. The van der Waals surface area contributed by atoms with Gasteiger partial charge < -0.3 is 15.2 Å². The number of allylic oxidation sites excluding steroid dienone is 2. The van der Waals surface area contributed by atoms with E-state index in [2.05, 4.69) is 17.1 Å². The highest BCUT2D eigenvalue weighted by atomic mass is 16.7. The largest absolute Gasteiger partial charge is 0.386 e. The van der Waals surface area contributed by atoms with Gasteiger partial charge in [0.1, 0.15) is 11.3 Å². The number of methoxy groups -OCH3 is 2. The van der Waals surface area contributed by atoms with Gasteiger partial charge in [-0.05, 0) is 12.8 Å². The fourth-order valence-corrected chi connectivity index (χ4v) is 4.30. The lowest BCUT2D eigenvalue weighted by Crippen LogP contribution is -2.65. The quantitative estimate of drug-likeness (QED) is 0.594. The predicted octanol–water partition coefficient (Wildman–Crippen LogP) is 0.920. The van der Waals surface area contributed by atoms with Crippen LogP contribution >= 0.6 is 0 Å². The van der Waals surface area contributed by atoms with Gasteiger partial charge in [0.15, 0.2) is 5.41 Å². The van der Waals surface area contributed by atoms with Crippen molar-refractivity contribution in [1.82, 2.24) is 0 Å². The minimum Gasteiger partial charge on any atom is -0.386 e. The van der Waals surface area contributed by atoms with Crippen molar-refractivity contribution in [3.8, 4) is 12.1 Å². The van der Waals surface area contributed by atoms with Gasteiger partial charge >= 0.3 is 0 Å². The van der Waals surface area contributed by atoms with Gasteiger partial charge in [-0.25, -0.2) is 4.99 Å². The van der Waals surface area contributed by atoms with Crippen LogP contribution in [0.15, 0.2) is 17.1 Å². The number of ether oxygens (including phenoxy) is 2. The zero-order valence-corrected chi connectivity index (χ0v) is 11.5. The van der Waals surface area contributed by atoms with Crippen LogP contribution in [0.5, 0.6) is 0 Å². The van der Waals surface area contributed by atoms with E-state index in [9.17, 15) is 10.5 Å². The molecule has 0 aromatic rings. The summed E-state index contributed by atoms with van der Waals surface area (Å²) in [7, 11) is 2.86. The van der Waals surface area contributed by atoms with E-state index >= 15 is 0 Å². The molecule has 0 aromatic heterocycles. The average Bonchev–Trinajstić information content (AvgIpc) is 2.76. The maximum Gasteiger partial charge on any atom is 0.292 e. The Balaban J connectivity index is 2.37. The van der Waals surface area contributed by atoms with Crippen molar-refractivity contribution in [2.45, 2.75) is 18.8 Å². The first-order valence-electron chi connectivity index (χ1n) is 6.55. The van der Waals surface area contributed by atoms with Crippen molar-refractivity contribution in [2.24, 2.45) is 33.4 Å². The van der Waals surface area contributed by atoms with Gasteiger partial charge in [-0.3, -0.25) is 0 Å². The third-order valence-electron chi connectivity index (χ3n) is 5.17. The van der Waals surface area contributed by atoms with Gasteiger partial charge in [-0.1, -0.05) is 12.2 Å². The van der Waals surface area contributed by atoms with Gasteiger partial charge in [0.2, 0.25) is 0 Å². The maximum absolute atomic E-state index is 9.96. The molecule has 1 aliphatic heterocycles. The topological polar surface area (TPSA) is 104 Å². The lowest BCUT2D eigenvalue weighted by atomic mass is 9.45. The highest BCUT2D eigenvalue weighted by Gasteiger charge is 2.79. The number of amidine groups is 1. The average molecular weight is 272 g/mol. The second-order valence-electron chi connectivity index (χ2n) is 5.50. The molecule has 6 heteroatoms. The van der Waals surface area contributed by atoms with Gasteiger partial charge in [-0.15, -0.1) is 0 Å². The molecule has 4 aliphatic rings. The minimum absolute atomic E-state index is 0.131. The zero-order valence-electron chi connectivity index (χ0n) is 11.5. The normalized spacial score (nSPS) is 43.5. The van der Waals surface area contributed by atoms with Crippen LogP contribution in [0, 0.1) is 45.3 Å². The summed E-state index contributed by atoms with van der Waals surface area (Å²) in [5, 5.41) is 19.8. The highest BCUT2D eigenvalue weighted by molar-refractivity contribution is 5.94. The van der Waals surface area contributed by atoms with Crippen LogP contribution in [-0.4, -0.2) is 26.0 Å². The van der Waals surface area contributed by atoms with E-state index in [0.717, 1.165) is 12.8 Å². The molecule has 2 bridgehead atoms. The van der Waals surface area contributed by atoms with Gasteiger partial charge in [0.25, 0.3) is 5.91 Å². The summed E-state index contributed by atoms with van der Waals surface area (Å²) in [5.41, 5.74) is 3.68. The Labute approximate surface area is 117 Å². The van der Waals surface area contributed by atoms with Crippen molar-refractivity contribution in [2.75, 3.05) is 14.2 Å². The van der Waals surface area contributed by atoms with Crippen molar-refractivity contribution >= 4 is 5.84 Å².